The molecule has 2 heterocycles. The molecule has 2 aliphatic heterocycles. The predicted molar refractivity (Wildman–Crippen MR) is 105 cm³/mol. The van der Waals surface area contributed by atoms with Crippen LogP contribution in [0.2, 0.25) is 0 Å². The molecule has 1 fully saturated rings. The molecular weight excluding hydrogens is 380 g/mol. The summed E-state index contributed by atoms with van der Waals surface area (Å²) in [5, 5.41) is 5.53. The summed E-state index contributed by atoms with van der Waals surface area (Å²) >= 11 is 0. The third kappa shape index (κ3) is 4.19. The molecule has 8 nitrogen and oxygen atoms in total. The summed E-state index contributed by atoms with van der Waals surface area (Å²) < 4.78 is 28.5. The molecule has 0 radical (unpaired) electrons. The Kier molecular flexibility index (Phi) is 6.02. The maximum absolute atomic E-state index is 12.6. The van der Waals surface area contributed by atoms with Crippen molar-refractivity contribution in [2.75, 3.05) is 19.6 Å². The Balaban J connectivity index is 1.68. The van der Waals surface area contributed by atoms with Gasteiger partial charge in [0.15, 0.2) is 5.84 Å². The van der Waals surface area contributed by atoms with Crippen LogP contribution in [0.1, 0.15) is 38.7 Å². The number of nitrogens with zero attached hydrogens (tertiary/aromatic N) is 2. The Hall–Kier alpha value is -2.42. The van der Waals surface area contributed by atoms with E-state index in [4.69, 9.17) is 0 Å². The van der Waals surface area contributed by atoms with Gasteiger partial charge < -0.3 is 15.5 Å². The first-order valence-electron chi connectivity index (χ1n) is 9.61. The fraction of sp³-hybridized carbons (Fsp3) is 0.526. The van der Waals surface area contributed by atoms with Crippen LogP contribution in [-0.2, 0) is 19.6 Å². The zero-order valence-corrected chi connectivity index (χ0v) is 17.0. The molecule has 1 saturated heterocycles. The van der Waals surface area contributed by atoms with Gasteiger partial charge in [0.25, 0.3) is 10.0 Å². The van der Waals surface area contributed by atoms with Crippen LogP contribution in [0.4, 0.5) is 0 Å². The Bertz CT molecular complexity index is 897. The second kappa shape index (κ2) is 8.30. The van der Waals surface area contributed by atoms with Crippen LogP contribution in [0.3, 0.4) is 0 Å². The van der Waals surface area contributed by atoms with Crippen LogP contribution in [0, 0.1) is 5.92 Å². The molecule has 0 bridgehead atoms. The first-order valence-corrected chi connectivity index (χ1v) is 11.0. The molecule has 1 aromatic carbocycles. The third-order valence-corrected chi connectivity index (χ3v) is 6.33. The van der Waals surface area contributed by atoms with Crippen molar-refractivity contribution in [3.63, 3.8) is 0 Å². The lowest BCUT2D eigenvalue weighted by Crippen LogP contribution is -2.50. The number of likely N-dealkylation sites (tertiary alicyclic amines) is 1. The number of carbonyl (C=O) groups is 2. The van der Waals surface area contributed by atoms with Crippen molar-refractivity contribution >= 4 is 27.7 Å². The number of hydrogen-bond acceptors (Lipinski definition) is 5. The number of benzene rings is 1. The van der Waals surface area contributed by atoms with Crippen molar-refractivity contribution in [1.82, 2.24) is 15.5 Å². The van der Waals surface area contributed by atoms with Crippen LogP contribution in [-0.4, -0.2) is 56.6 Å². The van der Waals surface area contributed by atoms with Crippen molar-refractivity contribution in [2.24, 2.45) is 10.3 Å². The maximum Gasteiger partial charge on any atom is 0.285 e. The summed E-state index contributed by atoms with van der Waals surface area (Å²) in [4.78, 5) is 26.7. The molecule has 0 spiro atoms. The van der Waals surface area contributed by atoms with Crippen LogP contribution < -0.4 is 10.6 Å². The SMILES string of the molecule is CCCNC(=O)[C@H](C)NC(=O)[C@@H]1CCCN(C2=NS(=O)(=O)c3ccccc32)C1. The summed E-state index contributed by atoms with van der Waals surface area (Å²) in [6.45, 7) is 5.21. The van der Waals surface area contributed by atoms with Gasteiger partial charge in [0.05, 0.1) is 5.92 Å². The molecule has 152 valence electrons. The number of sulfonamides is 1. The minimum atomic E-state index is -3.69. The molecule has 2 N–H and O–H groups in total. The molecule has 2 atom stereocenters. The van der Waals surface area contributed by atoms with Crippen molar-refractivity contribution in [2.45, 2.75) is 44.0 Å². The molecule has 3 rings (SSSR count). The van der Waals surface area contributed by atoms with Gasteiger partial charge >= 0.3 is 0 Å². The second-order valence-corrected chi connectivity index (χ2v) is 8.77. The molecular formula is C19H26N4O4S. The van der Waals surface area contributed by atoms with Gasteiger partial charge in [0.1, 0.15) is 10.9 Å². The minimum absolute atomic E-state index is 0.196. The third-order valence-electron chi connectivity index (χ3n) is 5.01. The molecule has 2 amide bonds. The van der Waals surface area contributed by atoms with Crippen molar-refractivity contribution < 1.29 is 18.0 Å². The maximum atomic E-state index is 12.6. The van der Waals surface area contributed by atoms with E-state index in [2.05, 4.69) is 15.0 Å². The standard InChI is InChI=1S/C19H26N4O4S/c1-3-10-20-18(24)13(2)21-19(25)14-7-6-11-23(12-14)17-15-8-4-5-9-16(15)28(26,27)22-17/h4-5,8-9,13-14H,3,6-7,10-12H2,1-2H3,(H,20,24)(H,21,25)/t13-,14+/m0/s1. The average molecular weight is 407 g/mol. The van der Waals surface area contributed by atoms with E-state index in [9.17, 15) is 18.0 Å². The van der Waals surface area contributed by atoms with E-state index in [1.807, 2.05) is 11.8 Å². The van der Waals surface area contributed by atoms with Gasteiger partial charge in [0.2, 0.25) is 11.8 Å². The Labute approximate surface area is 165 Å². The Morgan fingerprint density at radius 1 is 1.32 bits per heavy atom. The van der Waals surface area contributed by atoms with Crippen molar-refractivity contribution in [3.8, 4) is 0 Å². The highest BCUT2D eigenvalue weighted by atomic mass is 32.2. The first kappa shape index (κ1) is 20.3. The molecule has 0 saturated carbocycles. The van der Waals surface area contributed by atoms with E-state index in [-0.39, 0.29) is 22.6 Å². The summed E-state index contributed by atoms with van der Waals surface area (Å²) in [6.07, 6.45) is 2.26. The van der Waals surface area contributed by atoms with E-state index in [1.54, 1.807) is 31.2 Å². The number of piperidine rings is 1. The van der Waals surface area contributed by atoms with Gasteiger partial charge in [-0.25, -0.2) is 0 Å². The largest absolute Gasteiger partial charge is 0.355 e. The lowest BCUT2D eigenvalue weighted by atomic mass is 9.96. The highest BCUT2D eigenvalue weighted by Crippen LogP contribution is 2.29. The van der Waals surface area contributed by atoms with Crippen LogP contribution in [0.5, 0.6) is 0 Å². The zero-order chi connectivity index (χ0) is 20.3. The lowest BCUT2D eigenvalue weighted by Gasteiger charge is -2.33. The molecule has 0 unspecified atom stereocenters. The summed E-state index contributed by atoms with van der Waals surface area (Å²) in [5.74, 6) is -0.322. The quantitative estimate of drug-likeness (QED) is 0.755. The fourth-order valence-corrected chi connectivity index (χ4v) is 4.73. The van der Waals surface area contributed by atoms with E-state index in [1.165, 1.54) is 0 Å². The molecule has 1 aromatic rings. The van der Waals surface area contributed by atoms with E-state index in [0.29, 0.717) is 37.5 Å². The topological polar surface area (TPSA) is 108 Å². The van der Waals surface area contributed by atoms with Crippen LogP contribution in [0.15, 0.2) is 33.6 Å². The van der Waals surface area contributed by atoms with Gasteiger partial charge in [-0.05, 0) is 38.3 Å². The zero-order valence-electron chi connectivity index (χ0n) is 16.1. The normalized spacial score (nSPS) is 21.4. The number of hydrogen-bond donors (Lipinski definition) is 2. The van der Waals surface area contributed by atoms with E-state index < -0.39 is 16.1 Å². The molecule has 9 heteroatoms. The lowest BCUT2D eigenvalue weighted by molar-refractivity contribution is -0.131. The van der Waals surface area contributed by atoms with Crippen LogP contribution in [0.25, 0.3) is 0 Å². The van der Waals surface area contributed by atoms with E-state index in [0.717, 1.165) is 12.8 Å². The molecule has 0 aliphatic carbocycles. The van der Waals surface area contributed by atoms with Crippen molar-refractivity contribution in [3.05, 3.63) is 29.8 Å². The molecule has 2 aliphatic rings. The fourth-order valence-electron chi connectivity index (χ4n) is 3.50. The van der Waals surface area contributed by atoms with Gasteiger partial charge in [-0.2, -0.15) is 8.42 Å². The molecule has 28 heavy (non-hydrogen) atoms. The number of carbonyl (C=O) groups excluding carboxylic acids is 2. The number of fused-ring (bicyclic) bond motifs is 1. The first-order chi connectivity index (χ1) is 13.3. The highest BCUT2D eigenvalue weighted by Gasteiger charge is 2.35. The number of amides is 2. The summed E-state index contributed by atoms with van der Waals surface area (Å²) in [5.41, 5.74) is 0.580. The minimum Gasteiger partial charge on any atom is -0.355 e. The van der Waals surface area contributed by atoms with Gasteiger partial charge in [-0.1, -0.05) is 19.1 Å². The number of nitrogens with one attached hydrogen (secondary N) is 2. The second-order valence-electron chi connectivity index (χ2n) is 7.19. The van der Waals surface area contributed by atoms with Gasteiger partial charge in [-0.3, -0.25) is 9.59 Å². The van der Waals surface area contributed by atoms with Gasteiger partial charge in [-0.15, -0.1) is 4.40 Å². The highest BCUT2D eigenvalue weighted by molar-refractivity contribution is 7.90. The smallest absolute Gasteiger partial charge is 0.285 e. The Morgan fingerprint density at radius 2 is 2.07 bits per heavy atom. The number of rotatable bonds is 5. The Morgan fingerprint density at radius 3 is 2.82 bits per heavy atom. The summed E-state index contributed by atoms with van der Waals surface area (Å²) in [6, 6.07) is 6.13. The average Bonchev–Trinajstić information content (AvgIpc) is 2.97. The van der Waals surface area contributed by atoms with E-state index >= 15 is 0 Å². The van der Waals surface area contributed by atoms with Crippen molar-refractivity contribution in [1.29, 1.82) is 0 Å². The van der Waals surface area contributed by atoms with Crippen LogP contribution >= 0.6 is 0 Å². The van der Waals surface area contributed by atoms with Gasteiger partial charge in [0, 0.05) is 25.2 Å². The predicted octanol–water partition coefficient (Wildman–Crippen LogP) is 0.878. The molecule has 0 aromatic heterocycles. The summed E-state index contributed by atoms with van der Waals surface area (Å²) in [7, 11) is -3.69. The monoisotopic (exact) mass is 406 g/mol. The number of amidine groups is 1.